The Morgan fingerprint density at radius 2 is 2.38 bits per heavy atom. The number of aryl methyl sites for hydroxylation is 2. The van der Waals surface area contributed by atoms with Crippen LogP contribution in [0.15, 0.2) is 12.7 Å². The van der Waals surface area contributed by atoms with Crippen LogP contribution in [0.2, 0.25) is 5.02 Å². The number of rotatable bonds is 4. The van der Waals surface area contributed by atoms with E-state index in [0.717, 1.165) is 29.5 Å². The monoisotopic (exact) mass is 199 g/mol. The number of nitrogens with one attached hydrogen (secondary N) is 1. The minimum atomic E-state index is 0.724. The molecule has 0 amide bonds. The Hall–Kier alpha value is -0.800. The summed E-state index contributed by atoms with van der Waals surface area (Å²) in [7, 11) is 1.89. The van der Waals surface area contributed by atoms with Gasteiger partial charge in [0.05, 0.1) is 16.4 Å². The second-order valence-corrected chi connectivity index (χ2v) is 3.27. The first-order valence-electron chi connectivity index (χ1n) is 4.16. The first-order valence-corrected chi connectivity index (χ1v) is 4.54. The van der Waals surface area contributed by atoms with Gasteiger partial charge in [-0.3, -0.25) is 4.68 Å². The van der Waals surface area contributed by atoms with E-state index in [2.05, 4.69) is 17.0 Å². The lowest BCUT2D eigenvalue weighted by atomic mass is 10.3. The fourth-order valence-electron chi connectivity index (χ4n) is 1.16. The normalized spacial score (nSPS) is 10.4. The fraction of sp³-hybridized carbons (Fsp3) is 0.444. The Morgan fingerprint density at radius 1 is 1.69 bits per heavy atom. The van der Waals surface area contributed by atoms with Crippen LogP contribution in [0.5, 0.6) is 0 Å². The maximum absolute atomic E-state index is 6.04. The van der Waals surface area contributed by atoms with Crippen LogP contribution in [0, 0.1) is 6.92 Å². The largest absolute Gasteiger partial charge is 0.308 e. The molecule has 0 aromatic carbocycles. The summed E-state index contributed by atoms with van der Waals surface area (Å²) in [6.45, 7) is 7.03. The van der Waals surface area contributed by atoms with E-state index < -0.39 is 0 Å². The van der Waals surface area contributed by atoms with Gasteiger partial charge in [0.1, 0.15) is 0 Å². The molecule has 1 rings (SSSR count). The van der Waals surface area contributed by atoms with Gasteiger partial charge in [-0.2, -0.15) is 5.10 Å². The van der Waals surface area contributed by atoms with Crippen LogP contribution in [-0.4, -0.2) is 16.3 Å². The molecule has 0 atom stereocenters. The Morgan fingerprint density at radius 3 is 2.85 bits per heavy atom. The van der Waals surface area contributed by atoms with E-state index in [1.54, 1.807) is 4.68 Å². The van der Waals surface area contributed by atoms with Gasteiger partial charge in [0.2, 0.25) is 0 Å². The molecule has 0 radical (unpaired) electrons. The molecule has 13 heavy (non-hydrogen) atoms. The van der Waals surface area contributed by atoms with Crippen molar-refractivity contribution in [1.29, 1.82) is 0 Å². The predicted molar refractivity (Wildman–Crippen MR) is 54.9 cm³/mol. The van der Waals surface area contributed by atoms with Gasteiger partial charge in [0.25, 0.3) is 0 Å². The summed E-state index contributed by atoms with van der Waals surface area (Å²) in [6.07, 6.45) is 1.82. The quantitative estimate of drug-likeness (QED) is 0.591. The maximum Gasteiger partial charge on any atom is 0.0860 e. The summed E-state index contributed by atoms with van der Waals surface area (Å²) in [5.41, 5.74) is 1.89. The summed E-state index contributed by atoms with van der Waals surface area (Å²) >= 11 is 6.04. The van der Waals surface area contributed by atoms with Crippen molar-refractivity contribution in [1.82, 2.24) is 15.1 Å². The molecule has 72 valence electrons. The highest BCUT2D eigenvalue weighted by Gasteiger charge is 2.09. The van der Waals surface area contributed by atoms with Gasteiger partial charge in [0, 0.05) is 20.1 Å². The van der Waals surface area contributed by atoms with Gasteiger partial charge < -0.3 is 5.32 Å². The predicted octanol–water partition coefficient (Wildman–Crippen LogP) is 1.66. The first-order chi connectivity index (χ1) is 6.16. The number of nitrogens with zero attached hydrogens (tertiary/aromatic N) is 2. The van der Waals surface area contributed by atoms with Gasteiger partial charge in [-0.1, -0.05) is 17.7 Å². The van der Waals surface area contributed by atoms with E-state index in [1.165, 1.54) is 0 Å². The van der Waals surface area contributed by atoms with Crippen molar-refractivity contribution in [3.63, 3.8) is 0 Å². The van der Waals surface area contributed by atoms with Crippen LogP contribution < -0.4 is 5.32 Å². The van der Waals surface area contributed by atoms with E-state index in [9.17, 15) is 0 Å². The third kappa shape index (κ3) is 2.32. The lowest BCUT2D eigenvalue weighted by Gasteiger charge is -2.02. The standard InChI is InChI=1S/C9H14ClN3/c1-4-5-11-6-8-9(10)7(2)12-13(8)3/h4,11H,1,5-6H2,2-3H3. The molecular formula is C9H14ClN3. The molecule has 0 fully saturated rings. The van der Waals surface area contributed by atoms with E-state index in [0.29, 0.717) is 0 Å². The average Bonchev–Trinajstić information content (AvgIpc) is 2.32. The summed E-state index contributed by atoms with van der Waals surface area (Å²) in [5, 5.41) is 8.14. The van der Waals surface area contributed by atoms with Crippen molar-refractivity contribution in [3.8, 4) is 0 Å². The molecule has 4 heteroatoms. The van der Waals surface area contributed by atoms with Crippen molar-refractivity contribution in [2.24, 2.45) is 7.05 Å². The summed E-state index contributed by atoms with van der Waals surface area (Å²) in [5.74, 6) is 0. The van der Waals surface area contributed by atoms with Gasteiger partial charge in [-0.05, 0) is 6.92 Å². The highest BCUT2D eigenvalue weighted by molar-refractivity contribution is 6.31. The van der Waals surface area contributed by atoms with Gasteiger partial charge in [-0.15, -0.1) is 6.58 Å². The molecule has 1 aromatic rings. The van der Waals surface area contributed by atoms with Crippen LogP contribution in [-0.2, 0) is 13.6 Å². The Kier molecular flexibility index (Phi) is 3.51. The van der Waals surface area contributed by atoms with Crippen LogP contribution in [0.4, 0.5) is 0 Å². The number of hydrogen-bond donors (Lipinski definition) is 1. The van der Waals surface area contributed by atoms with Crippen LogP contribution in [0.25, 0.3) is 0 Å². The summed E-state index contributed by atoms with van der Waals surface area (Å²) in [6, 6.07) is 0. The van der Waals surface area contributed by atoms with Crippen molar-refractivity contribution < 1.29 is 0 Å². The van der Waals surface area contributed by atoms with Crippen molar-refractivity contribution >= 4 is 11.6 Å². The van der Waals surface area contributed by atoms with Crippen LogP contribution >= 0.6 is 11.6 Å². The van der Waals surface area contributed by atoms with E-state index >= 15 is 0 Å². The molecule has 0 saturated heterocycles. The molecule has 0 unspecified atom stereocenters. The molecule has 0 saturated carbocycles. The molecule has 3 nitrogen and oxygen atoms in total. The molecule has 0 aliphatic carbocycles. The molecular weight excluding hydrogens is 186 g/mol. The summed E-state index contributed by atoms with van der Waals surface area (Å²) in [4.78, 5) is 0. The molecule has 0 bridgehead atoms. The van der Waals surface area contributed by atoms with Crippen LogP contribution in [0.1, 0.15) is 11.4 Å². The average molecular weight is 200 g/mol. The second kappa shape index (κ2) is 4.44. The third-order valence-electron chi connectivity index (χ3n) is 1.84. The third-order valence-corrected chi connectivity index (χ3v) is 2.33. The zero-order chi connectivity index (χ0) is 9.84. The van der Waals surface area contributed by atoms with Crippen molar-refractivity contribution in [3.05, 3.63) is 29.1 Å². The second-order valence-electron chi connectivity index (χ2n) is 2.89. The van der Waals surface area contributed by atoms with Crippen molar-refractivity contribution in [2.45, 2.75) is 13.5 Å². The zero-order valence-corrected chi connectivity index (χ0v) is 8.73. The minimum absolute atomic E-state index is 0.724. The van der Waals surface area contributed by atoms with E-state index in [1.807, 2.05) is 20.0 Å². The van der Waals surface area contributed by atoms with Crippen LogP contribution in [0.3, 0.4) is 0 Å². The molecule has 0 aliphatic rings. The SMILES string of the molecule is C=CCNCc1c(Cl)c(C)nn1C. The lowest BCUT2D eigenvalue weighted by molar-refractivity contribution is 0.652. The van der Waals surface area contributed by atoms with Gasteiger partial charge in [-0.25, -0.2) is 0 Å². The number of hydrogen-bond acceptors (Lipinski definition) is 2. The first kappa shape index (κ1) is 10.3. The fourth-order valence-corrected chi connectivity index (χ4v) is 1.39. The highest BCUT2D eigenvalue weighted by atomic mass is 35.5. The van der Waals surface area contributed by atoms with Gasteiger partial charge >= 0.3 is 0 Å². The highest BCUT2D eigenvalue weighted by Crippen LogP contribution is 2.18. The molecule has 0 aliphatic heterocycles. The molecule has 1 aromatic heterocycles. The Labute approximate surface area is 83.4 Å². The number of aromatic nitrogens is 2. The van der Waals surface area contributed by atoms with Crippen molar-refractivity contribution in [2.75, 3.05) is 6.54 Å². The van der Waals surface area contributed by atoms with E-state index in [-0.39, 0.29) is 0 Å². The minimum Gasteiger partial charge on any atom is -0.308 e. The topological polar surface area (TPSA) is 29.9 Å². The maximum atomic E-state index is 6.04. The number of halogens is 1. The molecule has 1 N–H and O–H groups in total. The van der Waals surface area contributed by atoms with Gasteiger partial charge in [0.15, 0.2) is 0 Å². The molecule has 0 spiro atoms. The Balaban J connectivity index is 2.69. The zero-order valence-electron chi connectivity index (χ0n) is 7.97. The Bertz CT molecular complexity index is 304. The van der Waals surface area contributed by atoms with E-state index in [4.69, 9.17) is 11.6 Å². The molecule has 1 heterocycles. The smallest absolute Gasteiger partial charge is 0.0860 e. The lowest BCUT2D eigenvalue weighted by Crippen LogP contribution is -2.15. The summed E-state index contributed by atoms with van der Waals surface area (Å²) < 4.78 is 1.80.